The van der Waals surface area contributed by atoms with Crippen molar-refractivity contribution in [2.24, 2.45) is 7.05 Å². The summed E-state index contributed by atoms with van der Waals surface area (Å²) in [6, 6.07) is 8.90. The molecular weight excluding hydrogens is 234 g/mol. The van der Waals surface area contributed by atoms with Gasteiger partial charge in [-0.3, -0.25) is 4.68 Å². The van der Waals surface area contributed by atoms with Crippen molar-refractivity contribution in [1.82, 2.24) is 9.78 Å². The van der Waals surface area contributed by atoms with E-state index in [9.17, 15) is 0 Å². The van der Waals surface area contributed by atoms with Crippen LogP contribution in [-0.2, 0) is 7.05 Å². The van der Waals surface area contributed by atoms with Gasteiger partial charge in [-0.15, -0.1) is 0 Å². The molecule has 0 aliphatic rings. The van der Waals surface area contributed by atoms with Crippen LogP contribution in [0.5, 0.6) is 0 Å². The molecule has 19 heavy (non-hydrogen) atoms. The average molecular weight is 257 g/mol. The first-order chi connectivity index (χ1) is 8.97. The van der Waals surface area contributed by atoms with Crippen molar-refractivity contribution >= 4 is 5.69 Å². The lowest BCUT2D eigenvalue weighted by Gasteiger charge is -2.16. The second-order valence-corrected chi connectivity index (χ2v) is 5.49. The van der Waals surface area contributed by atoms with Crippen molar-refractivity contribution in [2.45, 2.75) is 39.7 Å². The van der Waals surface area contributed by atoms with Gasteiger partial charge in [-0.2, -0.15) is 5.10 Å². The van der Waals surface area contributed by atoms with E-state index in [4.69, 9.17) is 0 Å². The molecule has 3 nitrogen and oxygen atoms in total. The largest absolute Gasteiger partial charge is 0.378 e. The Labute approximate surface area is 115 Å². The van der Waals surface area contributed by atoms with Gasteiger partial charge in [-0.1, -0.05) is 26.0 Å². The highest BCUT2D eigenvalue weighted by atomic mass is 15.3. The zero-order valence-corrected chi connectivity index (χ0v) is 12.4. The Hall–Kier alpha value is -1.77. The molecule has 0 spiro atoms. The Morgan fingerprint density at radius 2 is 1.95 bits per heavy atom. The van der Waals surface area contributed by atoms with Gasteiger partial charge in [0.1, 0.15) is 0 Å². The van der Waals surface area contributed by atoms with Crippen molar-refractivity contribution < 1.29 is 0 Å². The van der Waals surface area contributed by atoms with Crippen LogP contribution in [0.1, 0.15) is 49.6 Å². The Morgan fingerprint density at radius 1 is 1.21 bits per heavy atom. The zero-order valence-electron chi connectivity index (χ0n) is 12.4. The summed E-state index contributed by atoms with van der Waals surface area (Å²) in [6.07, 6.45) is 2.08. The van der Waals surface area contributed by atoms with Crippen LogP contribution in [0.3, 0.4) is 0 Å². The molecule has 1 atom stereocenters. The van der Waals surface area contributed by atoms with Crippen LogP contribution >= 0.6 is 0 Å². The molecule has 1 unspecified atom stereocenters. The van der Waals surface area contributed by atoms with Crippen LogP contribution in [0.15, 0.2) is 30.5 Å². The van der Waals surface area contributed by atoms with E-state index in [2.05, 4.69) is 68.6 Å². The van der Waals surface area contributed by atoms with E-state index in [1.165, 1.54) is 16.8 Å². The van der Waals surface area contributed by atoms with Crippen molar-refractivity contribution in [1.29, 1.82) is 0 Å². The molecule has 0 saturated heterocycles. The van der Waals surface area contributed by atoms with E-state index in [-0.39, 0.29) is 6.04 Å². The van der Waals surface area contributed by atoms with Gasteiger partial charge in [0.05, 0.1) is 11.7 Å². The molecule has 0 amide bonds. The molecule has 0 bridgehead atoms. The lowest BCUT2D eigenvalue weighted by molar-refractivity contribution is 0.756. The number of hydrogen-bond acceptors (Lipinski definition) is 2. The fraction of sp³-hybridized carbons (Fsp3) is 0.438. The predicted molar refractivity (Wildman–Crippen MR) is 80.5 cm³/mol. The molecule has 0 saturated carbocycles. The standard InChI is InChI=1S/C16H23N3/c1-11(2)14-7-6-8-15(9-14)17-12(3)16-10-19(5)18-13(16)4/h6-12,17H,1-5H3. The highest BCUT2D eigenvalue weighted by molar-refractivity contribution is 5.48. The molecule has 1 aromatic carbocycles. The normalized spacial score (nSPS) is 12.7. The molecule has 2 rings (SSSR count). The SMILES string of the molecule is Cc1nn(C)cc1C(C)Nc1cccc(C(C)C)c1. The molecule has 0 aliphatic carbocycles. The van der Waals surface area contributed by atoms with E-state index >= 15 is 0 Å². The van der Waals surface area contributed by atoms with Crippen LogP contribution in [0, 0.1) is 6.92 Å². The predicted octanol–water partition coefficient (Wildman–Crippen LogP) is 4.03. The van der Waals surface area contributed by atoms with E-state index in [1.807, 2.05) is 11.7 Å². The summed E-state index contributed by atoms with van der Waals surface area (Å²) in [6.45, 7) is 8.66. The van der Waals surface area contributed by atoms with Gasteiger partial charge >= 0.3 is 0 Å². The third kappa shape index (κ3) is 3.16. The first-order valence-corrected chi connectivity index (χ1v) is 6.84. The van der Waals surface area contributed by atoms with E-state index < -0.39 is 0 Å². The van der Waals surface area contributed by atoms with Gasteiger partial charge in [0.2, 0.25) is 0 Å². The average Bonchev–Trinajstić information content (AvgIpc) is 2.69. The summed E-state index contributed by atoms with van der Waals surface area (Å²) in [5.74, 6) is 0.553. The Balaban J connectivity index is 2.17. The van der Waals surface area contributed by atoms with Gasteiger partial charge < -0.3 is 5.32 Å². The monoisotopic (exact) mass is 257 g/mol. The number of nitrogens with zero attached hydrogens (tertiary/aromatic N) is 2. The van der Waals surface area contributed by atoms with Crippen molar-refractivity contribution in [2.75, 3.05) is 5.32 Å². The molecule has 1 N–H and O–H groups in total. The summed E-state index contributed by atoms with van der Waals surface area (Å²) < 4.78 is 1.87. The van der Waals surface area contributed by atoms with Crippen LogP contribution in [0.4, 0.5) is 5.69 Å². The number of benzene rings is 1. The fourth-order valence-electron chi connectivity index (χ4n) is 2.36. The van der Waals surface area contributed by atoms with Crippen LogP contribution in [-0.4, -0.2) is 9.78 Å². The minimum atomic E-state index is 0.260. The van der Waals surface area contributed by atoms with Gasteiger partial charge in [0.15, 0.2) is 0 Å². The molecule has 1 heterocycles. The molecule has 102 valence electrons. The summed E-state index contributed by atoms with van der Waals surface area (Å²) in [5, 5.41) is 7.95. The third-order valence-corrected chi connectivity index (χ3v) is 3.45. The van der Waals surface area contributed by atoms with E-state index in [0.717, 1.165) is 5.69 Å². The van der Waals surface area contributed by atoms with Gasteiger partial charge in [0.25, 0.3) is 0 Å². The Morgan fingerprint density at radius 3 is 2.53 bits per heavy atom. The second kappa shape index (κ2) is 5.47. The van der Waals surface area contributed by atoms with Crippen LogP contribution < -0.4 is 5.32 Å². The van der Waals surface area contributed by atoms with Gasteiger partial charge in [-0.25, -0.2) is 0 Å². The van der Waals surface area contributed by atoms with Gasteiger partial charge in [0, 0.05) is 24.5 Å². The minimum Gasteiger partial charge on any atom is -0.378 e. The first-order valence-electron chi connectivity index (χ1n) is 6.84. The van der Waals surface area contributed by atoms with E-state index in [1.54, 1.807) is 0 Å². The number of rotatable bonds is 4. The highest BCUT2D eigenvalue weighted by Gasteiger charge is 2.11. The first kappa shape index (κ1) is 13.7. The molecule has 2 aromatic rings. The number of aryl methyl sites for hydroxylation is 2. The number of aromatic nitrogens is 2. The molecule has 3 heteroatoms. The highest BCUT2D eigenvalue weighted by Crippen LogP contribution is 2.24. The van der Waals surface area contributed by atoms with Crippen molar-refractivity contribution in [3.05, 3.63) is 47.3 Å². The number of hydrogen-bond donors (Lipinski definition) is 1. The minimum absolute atomic E-state index is 0.260. The fourth-order valence-corrected chi connectivity index (χ4v) is 2.36. The van der Waals surface area contributed by atoms with Crippen molar-refractivity contribution in [3.63, 3.8) is 0 Å². The second-order valence-electron chi connectivity index (χ2n) is 5.49. The molecule has 0 aliphatic heterocycles. The van der Waals surface area contributed by atoms with Crippen LogP contribution in [0.2, 0.25) is 0 Å². The third-order valence-electron chi connectivity index (χ3n) is 3.45. The maximum absolute atomic E-state index is 4.40. The summed E-state index contributed by atoms with van der Waals surface area (Å²) >= 11 is 0. The maximum Gasteiger partial charge on any atom is 0.0646 e. The lowest BCUT2D eigenvalue weighted by atomic mass is 10.0. The smallest absolute Gasteiger partial charge is 0.0646 e. The lowest BCUT2D eigenvalue weighted by Crippen LogP contribution is -2.07. The van der Waals surface area contributed by atoms with Gasteiger partial charge in [-0.05, 0) is 37.5 Å². The molecule has 0 radical (unpaired) electrons. The summed E-state index contributed by atoms with van der Waals surface area (Å²) in [4.78, 5) is 0. The summed E-state index contributed by atoms with van der Waals surface area (Å²) in [7, 11) is 1.96. The number of anilines is 1. The zero-order chi connectivity index (χ0) is 14.0. The quantitative estimate of drug-likeness (QED) is 0.896. The number of nitrogens with one attached hydrogen (secondary N) is 1. The molecule has 0 fully saturated rings. The molecular formula is C16H23N3. The topological polar surface area (TPSA) is 29.9 Å². The Kier molecular flexibility index (Phi) is 3.93. The maximum atomic E-state index is 4.40. The summed E-state index contributed by atoms with van der Waals surface area (Å²) in [5.41, 5.74) is 4.86. The van der Waals surface area contributed by atoms with Crippen molar-refractivity contribution in [3.8, 4) is 0 Å². The van der Waals surface area contributed by atoms with Crippen LogP contribution in [0.25, 0.3) is 0 Å². The van der Waals surface area contributed by atoms with E-state index in [0.29, 0.717) is 5.92 Å². The molecule has 1 aromatic heterocycles. The Bertz CT molecular complexity index is 555.